The first kappa shape index (κ1) is 26.2. The molecule has 5 rings (SSSR count). The third-order valence-electron chi connectivity index (χ3n) is 7.45. The van der Waals surface area contributed by atoms with Crippen molar-refractivity contribution in [2.45, 2.75) is 51.6 Å². The number of nitrogens with two attached hydrogens (primary N) is 1. The van der Waals surface area contributed by atoms with Gasteiger partial charge in [0.05, 0.1) is 21.9 Å². The maximum Gasteiger partial charge on any atom is 0.248 e. The molecule has 1 aliphatic carbocycles. The number of aryl methyl sites for hydroxylation is 1. The van der Waals surface area contributed by atoms with Gasteiger partial charge >= 0.3 is 0 Å². The molecule has 0 radical (unpaired) electrons. The zero-order valence-corrected chi connectivity index (χ0v) is 22.4. The molecule has 5 nitrogen and oxygen atoms in total. The minimum Gasteiger partial charge on any atom is -0.368 e. The summed E-state index contributed by atoms with van der Waals surface area (Å²) in [4.78, 5) is 16.8. The minimum atomic E-state index is -0.361. The lowest BCUT2D eigenvalue weighted by Gasteiger charge is -2.42. The molecule has 0 bridgehead atoms. The summed E-state index contributed by atoms with van der Waals surface area (Å²) in [6.07, 6.45) is 7.07. The number of hydrogen-bond donors (Lipinski definition) is 1. The van der Waals surface area contributed by atoms with Crippen LogP contribution in [-0.4, -0.2) is 41.6 Å². The first-order valence-electron chi connectivity index (χ1n) is 12.4. The van der Waals surface area contributed by atoms with E-state index < -0.39 is 0 Å². The van der Waals surface area contributed by atoms with Gasteiger partial charge in [-0.1, -0.05) is 42.6 Å². The van der Waals surface area contributed by atoms with Gasteiger partial charge in [0.25, 0.3) is 0 Å². The second-order valence-electron chi connectivity index (χ2n) is 9.46. The van der Waals surface area contributed by atoms with Crippen LogP contribution in [0.1, 0.15) is 60.4 Å². The molecule has 2 aromatic carbocycles. The van der Waals surface area contributed by atoms with Crippen LogP contribution in [-0.2, 0) is 12.8 Å². The summed E-state index contributed by atoms with van der Waals surface area (Å²) in [6, 6.07) is 11.9. The van der Waals surface area contributed by atoms with Gasteiger partial charge in [-0.15, -0.1) is 12.4 Å². The molecule has 0 spiro atoms. The summed E-state index contributed by atoms with van der Waals surface area (Å²) in [7, 11) is 0. The molecular weight excluding hydrogens is 503 g/mol. The van der Waals surface area contributed by atoms with E-state index in [1.165, 1.54) is 35.0 Å². The van der Waals surface area contributed by atoms with Crippen LogP contribution in [0.2, 0.25) is 10.0 Å². The van der Waals surface area contributed by atoms with Gasteiger partial charge in [0.15, 0.2) is 0 Å². The van der Waals surface area contributed by atoms with E-state index in [0.717, 1.165) is 57.5 Å². The van der Waals surface area contributed by atoms with E-state index in [1.54, 1.807) is 0 Å². The van der Waals surface area contributed by atoms with Crippen molar-refractivity contribution in [2.24, 2.45) is 5.73 Å². The average molecular weight is 536 g/mol. The fraction of sp³-hybridized carbons (Fsp3) is 0.444. The van der Waals surface area contributed by atoms with E-state index in [2.05, 4.69) is 33.4 Å². The summed E-state index contributed by atoms with van der Waals surface area (Å²) in [5.41, 5.74) is 11.3. The number of aromatic nitrogens is 1. The van der Waals surface area contributed by atoms with Gasteiger partial charge in [0, 0.05) is 48.3 Å². The molecule has 35 heavy (non-hydrogen) atoms. The Hall–Kier alpha value is -1.92. The number of amides is 1. The van der Waals surface area contributed by atoms with Crippen molar-refractivity contribution in [3.63, 3.8) is 0 Å². The van der Waals surface area contributed by atoms with Crippen molar-refractivity contribution in [3.8, 4) is 0 Å². The highest BCUT2D eigenvalue weighted by Gasteiger charge is 2.30. The molecule has 1 fully saturated rings. The molecule has 1 unspecified atom stereocenters. The van der Waals surface area contributed by atoms with Crippen LogP contribution in [0.15, 0.2) is 36.4 Å². The van der Waals surface area contributed by atoms with Crippen LogP contribution >= 0.6 is 35.6 Å². The Morgan fingerprint density at radius 1 is 1.06 bits per heavy atom. The van der Waals surface area contributed by atoms with E-state index in [9.17, 15) is 4.79 Å². The molecule has 188 valence electrons. The van der Waals surface area contributed by atoms with E-state index in [4.69, 9.17) is 28.9 Å². The lowest BCUT2D eigenvalue weighted by atomic mass is 9.95. The fourth-order valence-electron chi connectivity index (χ4n) is 5.80. The Balaban J connectivity index is 0.00000289. The third kappa shape index (κ3) is 4.89. The van der Waals surface area contributed by atoms with Gasteiger partial charge in [0.1, 0.15) is 0 Å². The monoisotopic (exact) mass is 534 g/mol. The number of piperazine rings is 1. The molecule has 8 heteroatoms. The van der Waals surface area contributed by atoms with Crippen molar-refractivity contribution in [1.29, 1.82) is 0 Å². The SMILES string of the molecule is CCCC(N1CCN(c2cccc(Cl)c2Cl)CC1)n1c2c(c3cc(C(N)=O)ccc31)CCCC2.Cl. The number of rotatable bonds is 6. The lowest BCUT2D eigenvalue weighted by molar-refractivity contribution is 0.100. The maximum atomic E-state index is 11.9. The van der Waals surface area contributed by atoms with Crippen LogP contribution in [0.3, 0.4) is 0 Å². The highest BCUT2D eigenvalue weighted by Crippen LogP contribution is 2.38. The molecule has 3 aromatic rings. The Bertz CT molecular complexity index is 1220. The second kappa shape index (κ2) is 11.0. The number of primary amides is 1. The highest BCUT2D eigenvalue weighted by molar-refractivity contribution is 6.43. The Morgan fingerprint density at radius 2 is 1.80 bits per heavy atom. The summed E-state index contributed by atoms with van der Waals surface area (Å²) in [5, 5.41) is 2.45. The van der Waals surface area contributed by atoms with Gasteiger partial charge in [-0.2, -0.15) is 0 Å². The topological polar surface area (TPSA) is 54.5 Å². The van der Waals surface area contributed by atoms with E-state index in [1.807, 2.05) is 24.3 Å². The van der Waals surface area contributed by atoms with Crippen LogP contribution in [0.25, 0.3) is 10.9 Å². The third-order valence-corrected chi connectivity index (χ3v) is 8.26. The maximum absolute atomic E-state index is 11.9. The number of carbonyl (C=O) groups excluding carboxylic acids is 1. The normalized spacial score (nSPS) is 17.2. The zero-order valence-electron chi connectivity index (χ0n) is 20.1. The Morgan fingerprint density at radius 3 is 2.51 bits per heavy atom. The van der Waals surface area contributed by atoms with Crippen molar-refractivity contribution < 1.29 is 4.79 Å². The quantitative estimate of drug-likeness (QED) is 0.394. The molecule has 1 atom stereocenters. The van der Waals surface area contributed by atoms with Crippen LogP contribution in [0, 0.1) is 0 Å². The largest absolute Gasteiger partial charge is 0.368 e. The Labute approximate surface area is 223 Å². The van der Waals surface area contributed by atoms with Crippen molar-refractivity contribution in [1.82, 2.24) is 9.47 Å². The molecule has 1 aromatic heterocycles. The van der Waals surface area contributed by atoms with Crippen molar-refractivity contribution in [2.75, 3.05) is 31.1 Å². The molecule has 0 saturated carbocycles. The standard InChI is InChI=1S/C27H32Cl2N4O.ClH/c1-2-6-25(32-15-13-31(14-16-32)24-10-5-8-21(28)26(24)29)33-22-9-4-3-7-19(22)20-17-18(27(30)34)11-12-23(20)33;/h5,8,10-12,17,25H,2-4,6-7,9,13-16H2,1H3,(H2,30,34);1H. The van der Waals surface area contributed by atoms with E-state index >= 15 is 0 Å². The number of fused-ring (bicyclic) bond motifs is 3. The Kier molecular flexibility index (Phi) is 8.22. The zero-order chi connectivity index (χ0) is 23.8. The predicted molar refractivity (Wildman–Crippen MR) is 149 cm³/mol. The van der Waals surface area contributed by atoms with Gasteiger partial charge in [-0.05, 0) is 68.0 Å². The molecule has 1 aliphatic heterocycles. The van der Waals surface area contributed by atoms with Crippen LogP contribution in [0.4, 0.5) is 5.69 Å². The van der Waals surface area contributed by atoms with Gasteiger partial charge in [0.2, 0.25) is 5.91 Å². The first-order valence-corrected chi connectivity index (χ1v) is 13.1. The predicted octanol–water partition coefficient (Wildman–Crippen LogP) is 6.47. The van der Waals surface area contributed by atoms with Crippen LogP contribution < -0.4 is 10.6 Å². The summed E-state index contributed by atoms with van der Waals surface area (Å²) >= 11 is 12.8. The average Bonchev–Trinajstić information content (AvgIpc) is 3.18. The van der Waals surface area contributed by atoms with Crippen LogP contribution in [0.5, 0.6) is 0 Å². The lowest BCUT2D eigenvalue weighted by Crippen LogP contribution is -2.49. The fourth-order valence-corrected chi connectivity index (χ4v) is 6.22. The number of halogens is 3. The number of nitrogens with zero attached hydrogens (tertiary/aromatic N) is 3. The molecule has 2 heterocycles. The molecule has 1 saturated heterocycles. The first-order chi connectivity index (χ1) is 16.5. The van der Waals surface area contributed by atoms with E-state index in [-0.39, 0.29) is 18.3 Å². The second-order valence-corrected chi connectivity index (χ2v) is 10.2. The number of anilines is 1. The van der Waals surface area contributed by atoms with Gasteiger partial charge < -0.3 is 15.2 Å². The number of hydrogen-bond acceptors (Lipinski definition) is 3. The molecule has 1 amide bonds. The molecular formula is C27H33Cl3N4O. The minimum absolute atomic E-state index is 0. The van der Waals surface area contributed by atoms with Crippen molar-refractivity contribution in [3.05, 3.63) is 63.3 Å². The number of benzene rings is 2. The summed E-state index contributed by atoms with van der Waals surface area (Å²) < 4.78 is 2.58. The molecule has 2 aliphatic rings. The van der Waals surface area contributed by atoms with Gasteiger partial charge in [-0.25, -0.2) is 0 Å². The highest BCUT2D eigenvalue weighted by atomic mass is 35.5. The van der Waals surface area contributed by atoms with E-state index in [0.29, 0.717) is 21.8 Å². The smallest absolute Gasteiger partial charge is 0.248 e. The number of carbonyl (C=O) groups is 1. The molecule has 2 N–H and O–H groups in total. The summed E-state index contributed by atoms with van der Waals surface area (Å²) in [6.45, 7) is 6.00. The van der Waals surface area contributed by atoms with Crippen molar-refractivity contribution >= 4 is 58.1 Å². The van der Waals surface area contributed by atoms with Gasteiger partial charge in [-0.3, -0.25) is 9.69 Å². The summed E-state index contributed by atoms with van der Waals surface area (Å²) in [5.74, 6) is -0.361.